The normalized spacial score (nSPS) is 14.2. The molecular formula is C20H20O5. The van der Waals surface area contributed by atoms with Gasteiger partial charge in [0.1, 0.15) is 23.0 Å². The Morgan fingerprint density at radius 3 is 2.56 bits per heavy atom. The number of fused-ring (bicyclic) bond motifs is 1. The maximum Gasteiger partial charge on any atom is 0.231 e. The van der Waals surface area contributed by atoms with E-state index >= 15 is 0 Å². The predicted molar refractivity (Wildman–Crippen MR) is 94.8 cm³/mol. The third-order valence-electron chi connectivity index (χ3n) is 4.06. The molecule has 5 heteroatoms. The van der Waals surface area contributed by atoms with Crippen LogP contribution in [0.1, 0.15) is 28.4 Å². The second-order valence-corrected chi connectivity index (χ2v) is 5.55. The lowest BCUT2D eigenvalue weighted by atomic mass is 10.1. The number of carbonyl (C=O) groups excluding carboxylic acids is 1. The molecule has 25 heavy (non-hydrogen) atoms. The molecule has 0 N–H and O–H groups in total. The molecule has 0 bridgehead atoms. The van der Waals surface area contributed by atoms with E-state index in [0.717, 1.165) is 16.9 Å². The lowest BCUT2D eigenvalue weighted by molar-refractivity contribution is 0.101. The van der Waals surface area contributed by atoms with E-state index in [-0.39, 0.29) is 11.5 Å². The standard InChI is InChI=1S/C20H20O5/c1-5-24-16-9-8-15-19(21)18(25-20(15)12(16)2)10-13-6-7-14(22-3)11-17(13)23-4/h6-11H,5H2,1-4H3/b18-10-. The van der Waals surface area contributed by atoms with Crippen LogP contribution in [0.15, 0.2) is 36.1 Å². The fraction of sp³-hybridized carbons (Fsp3) is 0.250. The molecule has 0 aliphatic carbocycles. The first kappa shape index (κ1) is 16.9. The minimum Gasteiger partial charge on any atom is -0.497 e. The molecule has 0 amide bonds. The Morgan fingerprint density at radius 1 is 1.08 bits per heavy atom. The Balaban J connectivity index is 1.99. The van der Waals surface area contributed by atoms with E-state index in [9.17, 15) is 4.79 Å². The van der Waals surface area contributed by atoms with Gasteiger partial charge in [-0.1, -0.05) is 0 Å². The highest BCUT2D eigenvalue weighted by Crippen LogP contribution is 2.40. The van der Waals surface area contributed by atoms with E-state index in [0.29, 0.717) is 29.4 Å². The van der Waals surface area contributed by atoms with Crippen molar-refractivity contribution in [3.63, 3.8) is 0 Å². The summed E-state index contributed by atoms with van der Waals surface area (Å²) in [6.45, 7) is 4.35. The van der Waals surface area contributed by atoms with Crippen LogP contribution in [-0.4, -0.2) is 26.6 Å². The van der Waals surface area contributed by atoms with Crippen molar-refractivity contribution in [2.75, 3.05) is 20.8 Å². The highest BCUT2D eigenvalue weighted by Gasteiger charge is 2.30. The number of ketones is 1. The van der Waals surface area contributed by atoms with E-state index < -0.39 is 0 Å². The first-order valence-electron chi connectivity index (χ1n) is 8.01. The Hall–Kier alpha value is -2.95. The highest BCUT2D eigenvalue weighted by atomic mass is 16.5. The molecule has 3 rings (SSSR count). The summed E-state index contributed by atoms with van der Waals surface area (Å²) in [6.07, 6.45) is 1.68. The molecule has 0 radical (unpaired) electrons. The summed E-state index contributed by atoms with van der Waals surface area (Å²) in [5, 5.41) is 0. The molecule has 1 heterocycles. The Bertz CT molecular complexity index is 851. The average molecular weight is 340 g/mol. The predicted octanol–water partition coefficient (Wildman–Crippen LogP) is 4.03. The molecule has 0 fully saturated rings. The molecule has 1 aliphatic heterocycles. The van der Waals surface area contributed by atoms with Gasteiger partial charge in [-0.05, 0) is 44.2 Å². The number of hydrogen-bond acceptors (Lipinski definition) is 5. The summed E-state index contributed by atoms with van der Waals surface area (Å²) >= 11 is 0. The van der Waals surface area contributed by atoms with Crippen LogP contribution in [0.2, 0.25) is 0 Å². The van der Waals surface area contributed by atoms with Gasteiger partial charge in [0.25, 0.3) is 0 Å². The van der Waals surface area contributed by atoms with E-state index in [2.05, 4.69) is 0 Å². The van der Waals surface area contributed by atoms with Crippen molar-refractivity contribution in [2.45, 2.75) is 13.8 Å². The molecule has 2 aromatic rings. The Kier molecular flexibility index (Phi) is 4.65. The molecule has 5 nitrogen and oxygen atoms in total. The zero-order valence-corrected chi connectivity index (χ0v) is 14.7. The van der Waals surface area contributed by atoms with Gasteiger partial charge in [-0.25, -0.2) is 0 Å². The van der Waals surface area contributed by atoms with Crippen molar-refractivity contribution >= 4 is 11.9 Å². The van der Waals surface area contributed by atoms with Gasteiger partial charge in [0, 0.05) is 17.2 Å². The molecule has 130 valence electrons. The topological polar surface area (TPSA) is 54.0 Å². The number of Topliss-reactive ketones (excluding diaryl/α,β-unsaturated/α-hetero) is 1. The Morgan fingerprint density at radius 2 is 1.88 bits per heavy atom. The zero-order chi connectivity index (χ0) is 18.0. The molecule has 0 aromatic heterocycles. The van der Waals surface area contributed by atoms with Crippen LogP contribution in [-0.2, 0) is 0 Å². The van der Waals surface area contributed by atoms with Gasteiger partial charge in [0.2, 0.25) is 5.78 Å². The lowest BCUT2D eigenvalue weighted by Gasteiger charge is -2.10. The van der Waals surface area contributed by atoms with Gasteiger partial charge in [-0.15, -0.1) is 0 Å². The molecule has 0 spiro atoms. The minimum absolute atomic E-state index is 0.154. The van der Waals surface area contributed by atoms with Crippen molar-refractivity contribution in [3.8, 4) is 23.0 Å². The highest BCUT2D eigenvalue weighted by molar-refractivity contribution is 6.15. The first-order valence-corrected chi connectivity index (χ1v) is 8.01. The zero-order valence-electron chi connectivity index (χ0n) is 14.7. The largest absolute Gasteiger partial charge is 0.497 e. The third-order valence-corrected chi connectivity index (χ3v) is 4.06. The summed E-state index contributed by atoms with van der Waals surface area (Å²) < 4.78 is 22.0. The van der Waals surface area contributed by atoms with Gasteiger partial charge in [-0.3, -0.25) is 4.79 Å². The Labute approximate surface area is 146 Å². The second kappa shape index (κ2) is 6.89. The number of allylic oxidation sites excluding steroid dienone is 1. The van der Waals surface area contributed by atoms with Crippen LogP contribution in [0, 0.1) is 6.92 Å². The minimum atomic E-state index is -0.154. The quantitative estimate of drug-likeness (QED) is 0.769. The molecule has 1 aliphatic rings. The van der Waals surface area contributed by atoms with Crippen molar-refractivity contribution in [2.24, 2.45) is 0 Å². The van der Waals surface area contributed by atoms with Crippen molar-refractivity contribution < 1.29 is 23.7 Å². The number of methoxy groups -OCH3 is 2. The van der Waals surface area contributed by atoms with Crippen LogP contribution in [0.5, 0.6) is 23.0 Å². The fourth-order valence-electron chi connectivity index (χ4n) is 2.76. The van der Waals surface area contributed by atoms with Gasteiger partial charge in [0.05, 0.1) is 26.4 Å². The number of carbonyl (C=O) groups is 1. The molecule has 0 saturated heterocycles. The summed E-state index contributed by atoms with van der Waals surface area (Å²) in [5.74, 6) is 2.66. The monoisotopic (exact) mass is 340 g/mol. The van der Waals surface area contributed by atoms with Crippen molar-refractivity contribution in [1.82, 2.24) is 0 Å². The number of ether oxygens (including phenoxy) is 4. The van der Waals surface area contributed by atoms with E-state index in [1.807, 2.05) is 19.9 Å². The van der Waals surface area contributed by atoms with Gasteiger partial charge < -0.3 is 18.9 Å². The van der Waals surface area contributed by atoms with Crippen LogP contribution < -0.4 is 18.9 Å². The maximum atomic E-state index is 12.6. The smallest absolute Gasteiger partial charge is 0.231 e. The first-order chi connectivity index (χ1) is 12.1. The van der Waals surface area contributed by atoms with E-state index in [1.165, 1.54) is 0 Å². The van der Waals surface area contributed by atoms with Crippen LogP contribution in [0.25, 0.3) is 6.08 Å². The van der Waals surface area contributed by atoms with E-state index in [4.69, 9.17) is 18.9 Å². The molecule has 0 atom stereocenters. The van der Waals surface area contributed by atoms with Crippen molar-refractivity contribution in [1.29, 1.82) is 0 Å². The summed E-state index contributed by atoms with van der Waals surface area (Å²) in [5.41, 5.74) is 2.10. The van der Waals surface area contributed by atoms with Gasteiger partial charge >= 0.3 is 0 Å². The van der Waals surface area contributed by atoms with Gasteiger partial charge in [0.15, 0.2) is 5.76 Å². The van der Waals surface area contributed by atoms with Crippen LogP contribution in [0.4, 0.5) is 0 Å². The van der Waals surface area contributed by atoms with E-state index in [1.54, 1.807) is 44.6 Å². The second-order valence-electron chi connectivity index (χ2n) is 5.55. The average Bonchev–Trinajstić information content (AvgIpc) is 2.94. The molecule has 0 unspecified atom stereocenters. The third kappa shape index (κ3) is 3.05. The number of hydrogen-bond donors (Lipinski definition) is 0. The van der Waals surface area contributed by atoms with Crippen molar-refractivity contribution in [3.05, 3.63) is 52.8 Å². The van der Waals surface area contributed by atoms with Crippen LogP contribution >= 0.6 is 0 Å². The SMILES string of the molecule is CCOc1ccc2c(c1C)O/C(=C\c1ccc(OC)cc1OC)C2=O. The molecule has 0 saturated carbocycles. The summed E-state index contributed by atoms with van der Waals surface area (Å²) in [4.78, 5) is 12.6. The molecule has 2 aromatic carbocycles. The number of rotatable bonds is 5. The van der Waals surface area contributed by atoms with Gasteiger partial charge in [-0.2, -0.15) is 0 Å². The lowest BCUT2D eigenvalue weighted by Crippen LogP contribution is -1.99. The number of benzene rings is 2. The van der Waals surface area contributed by atoms with Crippen LogP contribution in [0.3, 0.4) is 0 Å². The summed E-state index contributed by atoms with van der Waals surface area (Å²) in [7, 11) is 3.16. The summed E-state index contributed by atoms with van der Waals surface area (Å²) in [6, 6.07) is 8.93. The maximum absolute atomic E-state index is 12.6. The fourth-order valence-corrected chi connectivity index (χ4v) is 2.76. The molecular weight excluding hydrogens is 320 g/mol.